The Hall–Kier alpha value is -2.82. The first-order chi connectivity index (χ1) is 14.4. The predicted molar refractivity (Wildman–Crippen MR) is 116 cm³/mol. The number of aromatic nitrogens is 1. The molecule has 3 aromatic rings. The van der Waals surface area contributed by atoms with Crippen molar-refractivity contribution < 1.29 is 13.3 Å². The summed E-state index contributed by atoms with van der Waals surface area (Å²) in [6.45, 7) is 3.64. The Labute approximate surface area is 178 Å². The quantitative estimate of drug-likeness (QED) is 0.441. The summed E-state index contributed by atoms with van der Waals surface area (Å²) in [5.41, 5.74) is 1.77. The van der Waals surface area contributed by atoms with Crippen LogP contribution in [-0.2, 0) is 10.0 Å². The van der Waals surface area contributed by atoms with Crippen LogP contribution in [0.1, 0.15) is 4.88 Å². The van der Waals surface area contributed by atoms with Crippen molar-refractivity contribution in [2.45, 2.75) is 11.8 Å². The molecular weight excluding hydrogens is 424 g/mol. The van der Waals surface area contributed by atoms with Gasteiger partial charge in [0.15, 0.2) is 5.13 Å². The third-order valence-corrected chi connectivity index (χ3v) is 7.93. The smallest absolute Gasteiger partial charge is 0.270 e. The largest absolute Gasteiger partial charge is 0.345 e. The van der Waals surface area contributed by atoms with Crippen LogP contribution in [0.25, 0.3) is 11.3 Å². The first kappa shape index (κ1) is 20.5. The Morgan fingerprint density at radius 3 is 2.40 bits per heavy atom. The van der Waals surface area contributed by atoms with Gasteiger partial charge in [0.05, 0.1) is 15.5 Å². The second-order valence-corrected chi connectivity index (χ2v) is 10.0. The van der Waals surface area contributed by atoms with Crippen molar-refractivity contribution >= 4 is 32.2 Å². The van der Waals surface area contributed by atoms with Crippen LogP contribution in [0.15, 0.2) is 59.5 Å². The third kappa shape index (κ3) is 3.93. The van der Waals surface area contributed by atoms with E-state index in [1.54, 1.807) is 11.3 Å². The second-order valence-electron chi connectivity index (χ2n) is 6.91. The average molecular weight is 445 g/mol. The average Bonchev–Trinajstić information content (AvgIpc) is 3.16. The number of thiazole rings is 1. The van der Waals surface area contributed by atoms with E-state index in [-0.39, 0.29) is 10.6 Å². The van der Waals surface area contributed by atoms with Crippen LogP contribution in [0.4, 0.5) is 10.8 Å². The molecule has 1 aliphatic heterocycles. The van der Waals surface area contributed by atoms with Crippen LogP contribution in [0.2, 0.25) is 0 Å². The minimum Gasteiger partial charge on any atom is -0.345 e. The molecule has 0 bridgehead atoms. The lowest BCUT2D eigenvalue weighted by Gasteiger charge is -2.33. The monoisotopic (exact) mass is 444 g/mol. The number of hydrogen-bond donors (Lipinski definition) is 0. The van der Waals surface area contributed by atoms with Crippen molar-refractivity contribution in [2.75, 3.05) is 31.1 Å². The van der Waals surface area contributed by atoms with Crippen LogP contribution in [0.3, 0.4) is 0 Å². The van der Waals surface area contributed by atoms with Crippen LogP contribution >= 0.6 is 11.3 Å². The molecule has 0 N–H and O–H groups in total. The van der Waals surface area contributed by atoms with Crippen molar-refractivity contribution in [3.05, 3.63) is 69.6 Å². The van der Waals surface area contributed by atoms with Crippen LogP contribution in [0.5, 0.6) is 0 Å². The topological polar surface area (TPSA) is 96.7 Å². The summed E-state index contributed by atoms with van der Waals surface area (Å²) >= 11 is 1.60. The molecule has 30 heavy (non-hydrogen) atoms. The van der Waals surface area contributed by atoms with Gasteiger partial charge in [-0.3, -0.25) is 10.1 Å². The standard InChI is InChI=1S/C20H20N4O4S2/c1-15-19(16-6-3-2-4-7-16)21-20(29-15)22-10-12-23(13-11-22)30(27,28)18-9-5-8-17(14-18)24(25)26/h2-9,14H,10-13H2,1H3. The molecular formula is C20H20N4O4S2. The molecule has 2 aromatic carbocycles. The molecule has 1 aliphatic rings. The molecule has 1 fully saturated rings. The number of nitrogens with zero attached hydrogens (tertiary/aromatic N) is 4. The Morgan fingerprint density at radius 1 is 1.03 bits per heavy atom. The predicted octanol–water partition coefficient (Wildman–Crippen LogP) is 3.54. The third-order valence-electron chi connectivity index (χ3n) is 5.01. The summed E-state index contributed by atoms with van der Waals surface area (Å²) in [6, 6.07) is 15.1. The Kier molecular flexibility index (Phi) is 5.54. The van der Waals surface area contributed by atoms with Gasteiger partial charge >= 0.3 is 0 Å². The van der Waals surface area contributed by atoms with Gasteiger partial charge in [0, 0.05) is 48.8 Å². The van der Waals surface area contributed by atoms with Gasteiger partial charge in [-0.15, -0.1) is 11.3 Å². The van der Waals surface area contributed by atoms with E-state index in [1.807, 2.05) is 37.3 Å². The van der Waals surface area contributed by atoms with Gasteiger partial charge in [0.1, 0.15) is 0 Å². The highest BCUT2D eigenvalue weighted by Crippen LogP contribution is 2.33. The molecule has 4 rings (SSSR count). The lowest BCUT2D eigenvalue weighted by molar-refractivity contribution is -0.385. The SMILES string of the molecule is Cc1sc(N2CCN(S(=O)(=O)c3cccc([N+](=O)[O-])c3)CC2)nc1-c1ccccc1. The van der Waals surface area contributed by atoms with E-state index in [0.29, 0.717) is 26.2 Å². The summed E-state index contributed by atoms with van der Waals surface area (Å²) in [5, 5.41) is 11.8. The van der Waals surface area contributed by atoms with E-state index in [4.69, 9.17) is 4.98 Å². The molecule has 0 amide bonds. The minimum absolute atomic E-state index is 0.0541. The number of nitro benzene ring substituents is 1. The Balaban J connectivity index is 1.49. The molecule has 1 aromatic heterocycles. The number of piperazine rings is 1. The summed E-state index contributed by atoms with van der Waals surface area (Å²) in [5.74, 6) is 0. The number of non-ortho nitro benzene ring substituents is 1. The maximum atomic E-state index is 12.9. The maximum Gasteiger partial charge on any atom is 0.270 e. The molecule has 2 heterocycles. The fraction of sp³-hybridized carbons (Fsp3) is 0.250. The van der Waals surface area contributed by atoms with E-state index < -0.39 is 14.9 Å². The molecule has 10 heteroatoms. The number of hydrogen-bond acceptors (Lipinski definition) is 7. The van der Waals surface area contributed by atoms with Crippen molar-refractivity contribution in [3.8, 4) is 11.3 Å². The minimum atomic E-state index is -3.78. The first-order valence-electron chi connectivity index (χ1n) is 9.38. The fourth-order valence-electron chi connectivity index (χ4n) is 3.41. The van der Waals surface area contributed by atoms with Crippen LogP contribution in [-0.4, -0.2) is 48.8 Å². The van der Waals surface area contributed by atoms with Gasteiger partial charge in [-0.05, 0) is 13.0 Å². The molecule has 156 valence electrons. The number of rotatable bonds is 5. The van der Waals surface area contributed by atoms with Crippen LogP contribution < -0.4 is 4.90 Å². The molecule has 0 aliphatic carbocycles. The molecule has 0 atom stereocenters. The van der Waals surface area contributed by atoms with Gasteiger partial charge in [-0.1, -0.05) is 36.4 Å². The van der Waals surface area contributed by atoms with Crippen molar-refractivity contribution in [2.24, 2.45) is 0 Å². The van der Waals surface area contributed by atoms with Gasteiger partial charge in [0.25, 0.3) is 5.69 Å². The molecule has 0 unspecified atom stereocenters. The normalized spacial score (nSPS) is 15.3. The van der Waals surface area contributed by atoms with Crippen molar-refractivity contribution in [1.29, 1.82) is 0 Å². The van der Waals surface area contributed by atoms with Crippen LogP contribution in [0, 0.1) is 17.0 Å². The lowest BCUT2D eigenvalue weighted by atomic mass is 10.1. The molecule has 1 saturated heterocycles. The zero-order chi connectivity index (χ0) is 21.3. The van der Waals surface area contributed by atoms with Gasteiger partial charge in [-0.25, -0.2) is 13.4 Å². The summed E-state index contributed by atoms with van der Waals surface area (Å²) in [7, 11) is -3.78. The molecule has 0 spiro atoms. The highest BCUT2D eigenvalue weighted by molar-refractivity contribution is 7.89. The van der Waals surface area contributed by atoms with Crippen molar-refractivity contribution in [3.63, 3.8) is 0 Å². The molecule has 8 nitrogen and oxygen atoms in total. The zero-order valence-corrected chi connectivity index (χ0v) is 17.9. The lowest BCUT2D eigenvalue weighted by Crippen LogP contribution is -2.48. The van der Waals surface area contributed by atoms with Gasteiger partial charge < -0.3 is 4.90 Å². The first-order valence-corrected chi connectivity index (χ1v) is 11.6. The van der Waals surface area contributed by atoms with E-state index in [1.165, 1.54) is 22.5 Å². The number of anilines is 1. The highest BCUT2D eigenvalue weighted by Gasteiger charge is 2.30. The van der Waals surface area contributed by atoms with E-state index in [0.717, 1.165) is 27.3 Å². The fourth-order valence-corrected chi connectivity index (χ4v) is 5.85. The van der Waals surface area contributed by atoms with E-state index >= 15 is 0 Å². The number of sulfonamides is 1. The van der Waals surface area contributed by atoms with Crippen molar-refractivity contribution in [1.82, 2.24) is 9.29 Å². The van der Waals surface area contributed by atoms with E-state index in [9.17, 15) is 18.5 Å². The number of nitro groups is 1. The molecule has 0 radical (unpaired) electrons. The maximum absolute atomic E-state index is 12.9. The van der Waals surface area contributed by atoms with Gasteiger partial charge in [0.2, 0.25) is 10.0 Å². The molecule has 0 saturated carbocycles. The highest BCUT2D eigenvalue weighted by atomic mass is 32.2. The number of benzene rings is 2. The Bertz CT molecular complexity index is 1170. The summed E-state index contributed by atoms with van der Waals surface area (Å²) < 4.78 is 27.2. The zero-order valence-electron chi connectivity index (χ0n) is 16.3. The second kappa shape index (κ2) is 8.13. The summed E-state index contributed by atoms with van der Waals surface area (Å²) in [6.07, 6.45) is 0. The number of aryl methyl sites for hydroxylation is 1. The Morgan fingerprint density at radius 2 is 1.73 bits per heavy atom. The summed E-state index contributed by atoms with van der Waals surface area (Å²) in [4.78, 5) is 18.3. The van der Waals surface area contributed by atoms with Gasteiger partial charge in [-0.2, -0.15) is 4.31 Å². The van der Waals surface area contributed by atoms with E-state index in [2.05, 4.69) is 4.90 Å².